The Kier molecular flexibility index (Phi) is 5.60. The molecule has 0 N–H and O–H groups in total. The Morgan fingerprint density at radius 3 is 2.23 bits per heavy atom. The van der Waals surface area contributed by atoms with Gasteiger partial charge >= 0.3 is 0 Å². The van der Waals surface area contributed by atoms with E-state index in [4.69, 9.17) is 11.6 Å². The minimum absolute atomic E-state index is 0.0311. The molecule has 1 aliphatic heterocycles. The van der Waals surface area contributed by atoms with Crippen LogP contribution in [0.1, 0.15) is 5.56 Å². The third kappa shape index (κ3) is 4.06. The summed E-state index contributed by atoms with van der Waals surface area (Å²) in [6.07, 6.45) is -0.0311. The SMILES string of the molecule is O=C(Cc1ccccc1F)N1CCN(S(=O)(=O)c2ccc(Cl)cc2)CC1. The number of amides is 1. The Hall–Kier alpha value is -1.96. The summed E-state index contributed by atoms with van der Waals surface area (Å²) >= 11 is 5.80. The molecule has 0 saturated carbocycles. The molecule has 0 aliphatic carbocycles. The van der Waals surface area contributed by atoms with Crippen molar-refractivity contribution in [2.75, 3.05) is 26.2 Å². The van der Waals surface area contributed by atoms with Gasteiger partial charge in [-0.15, -0.1) is 0 Å². The van der Waals surface area contributed by atoms with E-state index in [1.807, 2.05) is 0 Å². The molecule has 1 amide bonds. The Bertz CT molecular complexity index is 895. The predicted octanol–water partition coefficient (Wildman–Crippen LogP) is 2.55. The van der Waals surface area contributed by atoms with Crippen LogP contribution in [0.2, 0.25) is 5.02 Å². The molecule has 0 aromatic heterocycles. The third-order valence-corrected chi connectivity index (χ3v) is 6.51. The van der Waals surface area contributed by atoms with E-state index < -0.39 is 15.8 Å². The summed E-state index contributed by atoms with van der Waals surface area (Å²) in [5.41, 5.74) is 0.341. The first-order chi connectivity index (χ1) is 12.4. The van der Waals surface area contributed by atoms with Gasteiger partial charge in [0.15, 0.2) is 0 Å². The van der Waals surface area contributed by atoms with E-state index in [-0.39, 0.29) is 43.4 Å². The number of carbonyl (C=O) groups excluding carboxylic acids is 1. The second-order valence-electron chi connectivity index (χ2n) is 6.01. The highest BCUT2D eigenvalue weighted by Gasteiger charge is 2.30. The van der Waals surface area contributed by atoms with Gasteiger partial charge in [-0.1, -0.05) is 29.8 Å². The molecule has 0 bridgehead atoms. The van der Waals surface area contributed by atoms with E-state index in [2.05, 4.69) is 0 Å². The molecule has 2 aromatic rings. The number of nitrogens with zero attached hydrogens (tertiary/aromatic N) is 2. The molecule has 0 unspecified atom stereocenters. The zero-order chi connectivity index (χ0) is 18.7. The number of benzene rings is 2. The van der Waals surface area contributed by atoms with Crippen LogP contribution in [-0.4, -0.2) is 49.7 Å². The van der Waals surface area contributed by atoms with Crippen molar-refractivity contribution < 1.29 is 17.6 Å². The highest BCUT2D eigenvalue weighted by molar-refractivity contribution is 7.89. The molecule has 0 spiro atoms. The molecular weight excluding hydrogens is 379 g/mol. The van der Waals surface area contributed by atoms with Crippen molar-refractivity contribution in [1.29, 1.82) is 0 Å². The van der Waals surface area contributed by atoms with Gasteiger partial charge < -0.3 is 4.90 Å². The molecule has 5 nitrogen and oxygen atoms in total. The van der Waals surface area contributed by atoms with Crippen LogP contribution in [-0.2, 0) is 21.2 Å². The van der Waals surface area contributed by atoms with Crippen molar-refractivity contribution in [2.45, 2.75) is 11.3 Å². The molecule has 1 aliphatic rings. The first-order valence-corrected chi connectivity index (χ1v) is 9.96. The normalized spacial score (nSPS) is 15.8. The summed E-state index contributed by atoms with van der Waals surface area (Å²) in [6.45, 7) is 0.960. The van der Waals surface area contributed by atoms with Crippen molar-refractivity contribution >= 4 is 27.5 Å². The molecule has 26 heavy (non-hydrogen) atoms. The number of sulfonamides is 1. The van der Waals surface area contributed by atoms with Crippen LogP contribution in [0.25, 0.3) is 0 Å². The van der Waals surface area contributed by atoms with Crippen LogP contribution in [0.5, 0.6) is 0 Å². The number of halogens is 2. The Morgan fingerprint density at radius 2 is 1.62 bits per heavy atom. The summed E-state index contributed by atoms with van der Waals surface area (Å²) in [4.78, 5) is 14.1. The monoisotopic (exact) mass is 396 g/mol. The topological polar surface area (TPSA) is 57.7 Å². The quantitative estimate of drug-likeness (QED) is 0.798. The first-order valence-electron chi connectivity index (χ1n) is 8.15. The van der Waals surface area contributed by atoms with E-state index in [0.717, 1.165) is 0 Å². The fourth-order valence-corrected chi connectivity index (χ4v) is 4.40. The summed E-state index contributed by atoms with van der Waals surface area (Å²) in [5, 5.41) is 0.465. The van der Waals surface area contributed by atoms with Crippen molar-refractivity contribution in [2.24, 2.45) is 0 Å². The summed E-state index contributed by atoms with van der Waals surface area (Å²) < 4.78 is 40.3. The predicted molar refractivity (Wildman–Crippen MR) is 96.9 cm³/mol. The Labute approximate surface area is 157 Å². The highest BCUT2D eigenvalue weighted by atomic mass is 35.5. The number of hydrogen-bond acceptors (Lipinski definition) is 3. The molecule has 138 valence electrons. The van der Waals surface area contributed by atoms with Crippen LogP contribution in [0.3, 0.4) is 0 Å². The average Bonchev–Trinajstić information content (AvgIpc) is 2.64. The van der Waals surface area contributed by atoms with E-state index >= 15 is 0 Å². The number of carbonyl (C=O) groups is 1. The molecule has 0 atom stereocenters. The summed E-state index contributed by atoms with van der Waals surface area (Å²) in [5.74, 6) is -0.622. The minimum atomic E-state index is -3.62. The minimum Gasteiger partial charge on any atom is -0.340 e. The molecule has 2 aromatic carbocycles. The number of rotatable bonds is 4. The highest BCUT2D eigenvalue weighted by Crippen LogP contribution is 2.20. The average molecular weight is 397 g/mol. The second-order valence-corrected chi connectivity index (χ2v) is 8.38. The van der Waals surface area contributed by atoms with Gasteiger partial charge in [-0.05, 0) is 35.9 Å². The molecule has 3 rings (SSSR count). The lowest BCUT2D eigenvalue weighted by atomic mass is 10.1. The standard InChI is InChI=1S/C18H18ClFN2O3S/c19-15-5-7-16(8-6-15)26(24,25)22-11-9-21(10-12-22)18(23)13-14-3-1-2-4-17(14)20/h1-8H,9-13H2. The van der Waals surface area contributed by atoms with Crippen molar-refractivity contribution in [3.63, 3.8) is 0 Å². The first kappa shape index (κ1) is 18.8. The lowest BCUT2D eigenvalue weighted by Crippen LogP contribution is -2.50. The summed E-state index contributed by atoms with van der Waals surface area (Å²) in [6, 6.07) is 12.1. The smallest absolute Gasteiger partial charge is 0.243 e. The molecule has 8 heteroatoms. The van der Waals surface area contributed by atoms with Gasteiger partial charge in [0.05, 0.1) is 11.3 Å². The fraction of sp³-hybridized carbons (Fsp3) is 0.278. The lowest BCUT2D eigenvalue weighted by molar-refractivity contribution is -0.131. The fourth-order valence-electron chi connectivity index (χ4n) is 2.85. The van der Waals surface area contributed by atoms with Crippen molar-refractivity contribution in [1.82, 2.24) is 9.21 Å². The molecule has 1 saturated heterocycles. The van der Waals surface area contributed by atoms with Gasteiger partial charge in [0, 0.05) is 31.2 Å². The molecular formula is C18H18ClFN2O3S. The van der Waals surface area contributed by atoms with Crippen LogP contribution in [0.15, 0.2) is 53.4 Å². The van der Waals surface area contributed by atoms with Crippen molar-refractivity contribution in [3.8, 4) is 0 Å². The maximum absolute atomic E-state index is 13.7. The van der Waals surface area contributed by atoms with Gasteiger partial charge in [0.1, 0.15) is 5.82 Å². The van der Waals surface area contributed by atoms with Crippen LogP contribution in [0.4, 0.5) is 4.39 Å². The van der Waals surface area contributed by atoms with Gasteiger partial charge in [0.25, 0.3) is 0 Å². The molecule has 1 fully saturated rings. The maximum atomic E-state index is 13.7. The van der Waals surface area contributed by atoms with E-state index in [0.29, 0.717) is 10.6 Å². The van der Waals surface area contributed by atoms with E-state index in [1.54, 1.807) is 23.1 Å². The van der Waals surface area contributed by atoms with E-state index in [9.17, 15) is 17.6 Å². The van der Waals surface area contributed by atoms with Gasteiger partial charge in [-0.3, -0.25) is 4.79 Å². The van der Waals surface area contributed by atoms with Gasteiger partial charge in [0.2, 0.25) is 15.9 Å². The Morgan fingerprint density at radius 1 is 1.00 bits per heavy atom. The van der Waals surface area contributed by atoms with E-state index in [1.165, 1.54) is 34.6 Å². The molecule has 1 heterocycles. The van der Waals surface area contributed by atoms with Crippen LogP contribution >= 0.6 is 11.6 Å². The lowest BCUT2D eigenvalue weighted by Gasteiger charge is -2.34. The van der Waals surface area contributed by atoms with Crippen molar-refractivity contribution in [3.05, 3.63) is 64.9 Å². The third-order valence-electron chi connectivity index (χ3n) is 4.34. The second kappa shape index (κ2) is 7.73. The zero-order valence-corrected chi connectivity index (χ0v) is 15.5. The summed E-state index contributed by atoms with van der Waals surface area (Å²) in [7, 11) is -3.62. The van der Waals surface area contributed by atoms with Crippen LogP contribution in [0, 0.1) is 5.82 Å². The number of piperazine rings is 1. The maximum Gasteiger partial charge on any atom is 0.243 e. The van der Waals surface area contributed by atoms with Crippen LogP contribution < -0.4 is 0 Å². The van der Waals surface area contributed by atoms with Gasteiger partial charge in [-0.2, -0.15) is 4.31 Å². The Balaban J connectivity index is 1.62. The largest absolute Gasteiger partial charge is 0.340 e. The van der Waals surface area contributed by atoms with Gasteiger partial charge in [-0.25, -0.2) is 12.8 Å². The zero-order valence-electron chi connectivity index (χ0n) is 13.9. The number of hydrogen-bond donors (Lipinski definition) is 0. The molecule has 0 radical (unpaired) electrons.